The zero-order valence-corrected chi connectivity index (χ0v) is 16.7. The van der Waals surface area contributed by atoms with E-state index in [4.69, 9.17) is 16.3 Å². The number of amides is 1. The number of anilines is 1. The summed E-state index contributed by atoms with van der Waals surface area (Å²) in [7, 11) is 1.50. The van der Waals surface area contributed by atoms with Gasteiger partial charge in [-0.3, -0.25) is 14.2 Å². The van der Waals surface area contributed by atoms with Crippen LogP contribution >= 0.6 is 22.9 Å². The molecule has 0 bridgehead atoms. The molecule has 4 aromatic rings. The number of aryl methyl sites for hydroxylation is 1. The average Bonchev–Trinajstić information content (AvgIpc) is 3.06. The first-order chi connectivity index (χ1) is 13.5. The van der Waals surface area contributed by atoms with Crippen LogP contribution in [0.2, 0.25) is 5.02 Å². The molecule has 0 aliphatic carbocycles. The number of ether oxygens (including phenoxy) is 1. The lowest BCUT2D eigenvalue weighted by Crippen LogP contribution is -2.27. The van der Waals surface area contributed by atoms with Gasteiger partial charge in [-0.05, 0) is 24.6 Å². The molecule has 0 aliphatic rings. The van der Waals surface area contributed by atoms with Gasteiger partial charge in [0.2, 0.25) is 5.91 Å². The van der Waals surface area contributed by atoms with Crippen molar-refractivity contribution in [3.63, 3.8) is 0 Å². The van der Waals surface area contributed by atoms with E-state index in [2.05, 4.69) is 10.3 Å². The normalized spacial score (nSPS) is 11.1. The van der Waals surface area contributed by atoms with Crippen molar-refractivity contribution in [1.82, 2.24) is 9.55 Å². The Morgan fingerprint density at radius 1 is 1.32 bits per heavy atom. The SMILES string of the molecule is COc1cc(Cl)c(C)cc1NC(=O)Cn1cnc2c(sc3ccccc32)c1=O. The van der Waals surface area contributed by atoms with Crippen LogP contribution in [-0.2, 0) is 11.3 Å². The highest BCUT2D eigenvalue weighted by molar-refractivity contribution is 7.25. The second kappa shape index (κ2) is 7.26. The van der Waals surface area contributed by atoms with Gasteiger partial charge >= 0.3 is 0 Å². The molecule has 28 heavy (non-hydrogen) atoms. The molecule has 4 rings (SSSR count). The number of benzene rings is 2. The number of fused-ring (bicyclic) bond motifs is 3. The van der Waals surface area contributed by atoms with Crippen molar-refractivity contribution < 1.29 is 9.53 Å². The number of aromatic nitrogens is 2. The third kappa shape index (κ3) is 3.23. The van der Waals surface area contributed by atoms with E-state index in [9.17, 15) is 9.59 Å². The van der Waals surface area contributed by atoms with E-state index in [-0.39, 0.29) is 18.0 Å². The van der Waals surface area contributed by atoms with Gasteiger partial charge in [0.15, 0.2) is 0 Å². The maximum atomic E-state index is 12.8. The first-order valence-corrected chi connectivity index (χ1v) is 9.68. The Morgan fingerprint density at radius 2 is 2.11 bits per heavy atom. The van der Waals surface area contributed by atoms with Crippen LogP contribution in [0.5, 0.6) is 5.75 Å². The number of carbonyl (C=O) groups is 1. The van der Waals surface area contributed by atoms with Crippen molar-refractivity contribution in [2.45, 2.75) is 13.5 Å². The Labute approximate surface area is 169 Å². The van der Waals surface area contributed by atoms with E-state index in [1.54, 1.807) is 12.1 Å². The third-order valence-corrected chi connectivity index (χ3v) is 5.97. The van der Waals surface area contributed by atoms with E-state index < -0.39 is 0 Å². The molecule has 8 heteroatoms. The second-order valence-electron chi connectivity index (χ2n) is 6.30. The van der Waals surface area contributed by atoms with Gasteiger partial charge in [0.05, 0.1) is 24.6 Å². The standard InChI is InChI=1S/C20H16ClN3O3S/c1-11-7-14(15(27-2)8-13(11)21)23-17(25)9-24-10-22-18-12-5-3-4-6-16(12)28-19(18)20(24)26/h3-8,10H,9H2,1-2H3,(H,23,25). The van der Waals surface area contributed by atoms with Crippen LogP contribution < -0.4 is 15.6 Å². The molecule has 0 aliphatic heterocycles. The van der Waals surface area contributed by atoms with Crippen LogP contribution in [0.1, 0.15) is 5.56 Å². The number of hydrogen-bond donors (Lipinski definition) is 1. The predicted molar refractivity (Wildman–Crippen MR) is 113 cm³/mol. The van der Waals surface area contributed by atoms with Gasteiger partial charge < -0.3 is 10.1 Å². The van der Waals surface area contributed by atoms with Crippen molar-refractivity contribution in [1.29, 1.82) is 0 Å². The van der Waals surface area contributed by atoms with Gasteiger partial charge in [0.25, 0.3) is 5.56 Å². The summed E-state index contributed by atoms with van der Waals surface area (Å²) in [6.45, 7) is 1.68. The summed E-state index contributed by atoms with van der Waals surface area (Å²) in [6.07, 6.45) is 1.41. The van der Waals surface area contributed by atoms with Crippen LogP contribution in [-0.4, -0.2) is 22.6 Å². The second-order valence-corrected chi connectivity index (χ2v) is 7.76. The smallest absolute Gasteiger partial charge is 0.271 e. The van der Waals surface area contributed by atoms with Gasteiger partial charge in [0.1, 0.15) is 17.0 Å². The highest BCUT2D eigenvalue weighted by Crippen LogP contribution is 2.31. The highest BCUT2D eigenvalue weighted by atomic mass is 35.5. The van der Waals surface area contributed by atoms with Gasteiger partial charge in [-0.25, -0.2) is 4.98 Å². The van der Waals surface area contributed by atoms with Gasteiger partial charge in [-0.15, -0.1) is 11.3 Å². The Balaban J connectivity index is 1.64. The Kier molecular flexibility index (Phi) is 4.78. The molecule has 2 aromatic heterocycles. The van der Waals surface area contributed by atoms with Crippen LogP contribution in [0, 0.1) is 6.92 Å². The minimum Gasteiger partial charge on any atom is -0.495 e. The maximum Gasteiger partial charge on any atom is 0.271 e. The van der Waals surface area contributed by atoms with Crippen LogP contribution in [0.25, 0.3) is 20.3 Å². The molecule has 0 atom stereocenters. The van der Waals surface area contributed by atoms with E-state index in [0.717, 1.165) is 15.6 Å². The molecule has 1 N–H and O–H groups in total. The number of halogens is 1. The lowest BCUT2D eigenvalue weighted by molar-refractivity contribution is -0.116. The van der Waals surface area contributed by atoms with Crippen molar-refractivity contribution in [2.75, 3.05) is 12.4 Å². The van der Waals surface area contributed by atoms with E-state index in [1.165, 1.54) is 29.3 Å². The molecule has 0 fully saturated rings. The fourth-order valence-corrected chi connectivity index (χ4v) is 4.26. The van der Waals surface area contributed by atoms with Crippen molar-refractivity contribution >= 4 is 54.8 Å². The largest absolute Gasteiger partial charge is 0.495 e. The molecule has 0 unspecified atom stereocenters. The molecule has 6 nitrogen and oxygen atoms in total. The van der Waals surface area contributed by atoms with Crippen molar-refractivity contribution in [3.8, 4) is 5.75 Å². The number of rotatable bonds is 4. The molecule has 0 spiro atoms. The Hall–Kier alpha value is -2.90. The molecular weight excluding hydrogens is 398 g/mol. The first-order valence-electron chi connectivity index (χ1n) is 8.48. The van der Waals surface area contributed by atoms with Crippen LogP contribution in [0.4, 0.5) is 5.69 Å². The number of carbonyl (C=O) groups excluding carboxylic acids is 1. The number of nitrogens with zero attached hydrogens (tertiary/aromatic N) is 2. The summed E-state index contributed by atoms with van der Waals surface area (Å²) in [5.41, 5.74) is 1.74. The summed E-state index contributed by atoms with van der Waals surface area (Å²) in [5.74, 6) is 0.0961. The van der Waals surface area contributed by atoms with Crippen molar-refractivity contribution in [2.24, 2.45) is 0 Å². The van der Waals surface area contributed by atoms with Gasteiger partial charge in [-0.2, -0.15) is 0 Å². The molecule has 2 heterocycles. The number of nitrogens with one attached hydrogen (secondary N) is 1. The summed E-state index contributed by atoms with van der Waals surface area (Å²) >= 11 is 7.48. The first kappa shape index (κ1) is 18.5. The molecule has 0 saturated carbocycles. The molecule has 0 saturated heterocycles. The maximum absolute atomic E-state index is 12.8. The molecule has 1 amide bonds. The summed E-state index contributed by atoms with van der Waals surface area (Å²) in [5, 5.41) is 4.26. The third-order valence-electron chi connectivity index (χ3n) is 4.42. The molecule has 0 radical (unpaired) electrons. The summed E-state index contributed by atoms with van der Waals surface area (Å²) in [6, 6.07) is 11.1. The number of hydrogen-bond acceptors (Lipinski definition) is 5. The Morgan fingerprint density at radius 3 is 2.89 bits per heavy atom. The lowest BCUT2D eigenvalue weighted by atomic mass is 10.2. The monoisotopic (exact) mass is 413 g/mol. The highest BCUT2D eigenvalue weighted by Gasteiger charge is 2.15. The van der Waals surface area contributed by atoms with Gasteiger partial charge in [0, 0.05) is 21.2 Å². The molecule has 2 aromatic carbocycles. The zero-order valence-electron chi connectivity index (χ0n) is 15.2. The number of methoxy groups -OCH3 is 1. The number of thiophene rings is 1. The fraction of sp³-hybridized carbons (Fsp3) is 0.150. The van der Waals surface area contributed by atoms with E-state index in [1.807, 2.05) is 31.2 Å². The lowest BCUT2D eigenvalue weighted by Gasteiger charge is -2.12. The van der Waals surface area contributed by atoms with Crippen LogP contribution in [0.15, 0.2) is 47.5 Å². The quantitative estimate of drug-likeness (QED) is 0.543. The fourth-order valence-electron chi connectivity index (χ4n) is 3.00. The minimum absolute atomic E-state index is 0.152. The van der Waals surface area contributed by atoms with E-state index in [0.29, 0.717) is 26.7 Å². The minimum atomic E-state index is -0.357. The van der Waals surface area contributed by atoms with Crippen LogP contribution in [0.3, 0.4) is 0 Å². The Bertz CT molecular complexity index is 1280. The zero-order chi connectivity index (χ0) is 19.8. The molecule has 142 valence electrons. The van der Waals surface area contributed by atoms with Gasteiger partial charge in [-0.1, -0.05) is 29.8 Å². The summed E-state index contributed by atoms with van der Waals surface area (Å²) in [4.78, 5) is 29.7. The van der Waals surface area contributed by atoms with E-state index >= 15 is 0 Å². The average molecular weight is 414 g/mol. The molecular formula is C20H16ClN3O3S. The topological polar surface area (TPSA) is 73.2 Å². The van der Waals surface area contributed by atoms with Crippen molar-refractivity contribution in [3.05, 3.63) is 63.7 Å². The predicted octanol–water partition coefficient (Wildman–Crippen LogP) is 4.22. The summed E-state index contributed by atoms with van der Waals surface area (Å²) < 4.78 is 8.11.